The molecule has 96 valence electrons. The van der Waals surface area contributed by atoms with Crippen LogP contribution in [0.4, 0.5) is 0 Å². The Balaban J connectivity index is 2.43. The van der Waals surface area contributed by atoms with Crippen molar-refractivity contribution in [2.75, 3.05) is 6.61 Å². The van der Waals surface area contributed by atoms with Gasteiger partial charge in [0.05, 0.1) is 0 Å². The number of thioether (sulfide) groups is 1. The lowest BCUT2D eigenvalue weighted by molar-refractivity contribution is 0.0685. The van der Waals surface area contributed by atoms with Gasteiger partial charge in [0.25, 0.3) is 0 Å². The standard InChI is InChI=1S/C12H14N2O3S/c1-8(5-7-15)18-11-10(12(16)17)14-6-3-2-4-9(14)13-11/h2-4,6,8,15H,5,7H2,1H3,(H,16,17). The highest BCUT2D eigenvalue weighted by molar-refractivity contribution is 7.99. The summed E-state index contributed by atoms with van der Waals surface area (Å²) in [6, 6.07) is 5.36. The number of carbonyl (C=O) groups is 1. The molecule has 0 bridgehead atoms. The lowest BCUT2D eigenvalue weighted by Crippen LogP contribution is -2.05. The molecule has 18 heavy (non-hydrogen) atoms. The third-order valence-corrected chi connectivity index (χ3v) is 3.69. The van der Waals surface area contributed by atoms with Crippen LogP contribution in [-0.2, 0) is 0 Å². The highest BCUT2D eigenvalue weighted by Gasteiger charge is 2.20. The fraction of sp³-hybridized carbons (Fsp3) is 0.333. The molecule has 1 atom stereocenters. The van der Waals surface area contributed by atoms with Gasteiger partial charge in [-0.2, -0.15) is 0 Å². The van der Waals surface area contributed by atoms with Crippen molar-refractivity contribution in [3.8, 4) is 0 Å². The monoisotopic (exact) mass is 266 g/mol. The minimum absolute atomic E-state index is 0.0872. The average Bonchev–Trinajstić information content (AvgIpc) is 2.66. The molecule has 0 amide bonds. The van der Waals surface area contributed by atoms with E-state index in [1.54, 1.807) is 22.7 Å². The molecule has 2 N–H and O–H groups in total. The minimum Gasteiger partial charge on any atom is -0.476 e. The van der Waals surface area contributed by atoms with Crippen molar-refractivity contribution < 1.29 is 15.0 Å². The zero-order valence-corrected chi connectivity index (χ0v) is 10.7. The summed E-state index contributed by atoms with van der Waals surface area (Å²) in [5.74, 6) is -0.993. The molecule has 2 aromatic rings. The van der Waals surface area contributed by atoms with Crippen LogP contribution in [0.3, 0.4) is 0 Å². The molecule has 1 unspecified atom stereocenters. The van der Waals surface area contributed by atoms with Crippen molar-refractivity contribution in [1.29, 1.82) is 0 Å². The SMILES string of the molecule is CC(CCO)Sc1nc2ccccn2c1C(=O)O. The van der Waals surface area contributed by atoms with Gasteiger partial charge in [0.1, 0.15) is 10.7 Å². The summed E-state index contributed by atoms with van der Waals surface area (Å²) >= 11 is 1.38. The summed E-state index contributed by atoms with van der Waals surface area (Å²) in [5.41, 5.74) is 0.800. The number of hydrogen-bond donors (Lipinski definition) is 2. The molecule has 0 aromatic carbocycles. The Morgan fingerprint density at radius 1 is 1.56 bits per heavy atom. The third-order valence-electron chi connectivity index (χ3n) is 2.55. The highest BCUT2D eigenvalue weighted by atomic mass is 32.2. The summed E-state index contributed by atoms with van der Waals surface area (Å²) in [5, 5.41) is 18.8. The first kappa shape index (κ1) is 12.9. The minimum atomic E-state index is -0.993. The first-order valence-electron chi connectivity index (χ1n) is 5.61. The van der Waals surface area contributed by atoms with Gasteiger partial charge in [-0.15, -0.1) is 11.8 Å². The van der Waals surface area contributed by atoms with Crippen LogP contribution in [0.5, 0.6) is 0 Å². The molecule has 0 aliphatic heterocycles. The molecule has 0 aliphatic rings. The largest absolute Gasteiger partial charge is 0.476 e. The Bertz CT molecular complexity index is 567. The lowest BCUT2D eigenvalue weighted by atomic mass is 10.3. The van der Waals surface area contributed by atoms with Gasteiger partial charge >= 0.3 is 5.97 Å². The van der Waals surface area contributed by atoms with Gasteiger partial charge in [-0.05, 0) is 18.6 Å². The number of aromatic nitrogens is 2. The molecule has 2 rings (SSSR count). The van der Waals surface area contributed by atoms with E-state index < -0.39 is 5.97 Å². The van der Waals surface area contributed by atoms with Crippen molar-refractivity contribution in [3.63, 3.8) is 0 Å². The fourth-order valence-corrected chi connectivity index (χ4v) is 2.73. The molecular weight excluding hydrogens is 252 g/mol. The van der Waals surface area contributed by atoms with Crippen LogP contribution in [0.1, 0.15) is 23.8 Å². The zero-order chi connectivity index (χ0) is 13.1. The summed E-state index contributed by atoms with van der Waals surface area (Å²) in [6.07, 6.45) is 2.30. The predicted octanol–water partition coefficient (Wildman–Crippen LogP) is 1.90. The van der Waals surface area contributed by atoms with E-state index in [-0.39, 0.29) is 17.6 Å². The van der Waals surface area contributed by atoms with E-state index in [9.17, 15) is 9.90 Å². The molecule has 0 spiro atoms. The second kappa shape index (κ2) is 5.41. The average molecular weight is 266 g/mol. The Morgan fingerprint density at radius 2 is 2.33 bits per heavy atom. The number of pyridine rings is 1. The number of aliphatic hydroxyl groups is 1. The summed E-state index contributed by atoms with van der Waals surface area (Å²) < 4.78 is 1.57. The van der Waals surface area contributed by atoms with E-state index in [0.29, 0.717) is 17.1 Å². The van der Waals surface area contributed by atoms with E-state index >= 15 is 0 Å². The maximum Gasteiger partial charge on any atom is 0.355 e. The van der Waals surface area contributed by atoms with E-state index in [4.69, 9.17) is 5.11 Å². The van der Waals surface area contributed by atoms with E-state index in [0.717, 1.165) is 0 Å². The quantitative estimate of drug-likeness (QED) is 0.808. The van der Waals surface area contributed by atoms with Gasteiger partial charge in [0.15, 0.2) is 5.69 Å². The number of rotatable bonds is 5. The summed E-state index contributed by atoms with van der Waals surface area (Å²) in [7, 11) is 0. The number of aromatic carboxylic acids is 1. The lowest BCUT2D eigenvalue weighted by Gasteiger charge is -2.07. The van der Waals surface area contributed by atoms with Crippen LogP contribution in [0.2, 0.25) is 0 Å². The first-order valence-corrected chi connectivity index (χ1v) is 6.49. The van der Waals surface area contributed by atoms with Gasteiger partial charge in [-0.25, -0.2) is 9.78 Å². The van der Waals surface area contributed by atoms with E-state index in [2.05, 4.69) is 4.98 Å². The van der Waals surface area contributed by atoms with Crippen LogP contribution < -0.4 is 0 Å². The van der Waals surface area contributed by atoms with E-state index in [1.807, 2.05) is 13.0 Å². The Labute approximate surface area is 108 Å². The third kappa shape index (κ3) is 2.49. The normalized spacial score (nSPS) is 12.8. The topological polar surface area (TPSA) is 74.8 Å². The van der Waals surface area contributed by atoms with Crippen molar-refractivity contribution in [2.24, 2.45) is 0 Å². The van der Waals surface area contributed by atoms with Crippen LogP contribution in [-0.4, -0.2) is 37.4 Å². The molecule has 6 heteroatoms. The zero-order valence-electron chi connectivity index (χ0n) is 9.91. The Morgan fingerprint density at radius 3 is 3.00 bits per heavy atom. The predicted molar refractivity (Wildman–Crippen MR) is 69.2 cm³/mol. The first-order chi connectivity index (χ1) is 8.63. The fourth-order valence-electron chi connectivity index (χ4n) is 1.68. The summed E-state index contributed by atoms with van der Waals surface area (Å²) in [4.78, 5) is 15.6. The van der Waals surface area contributed by atoms with Crippen LogP contribution in [0.25, 0.3) is 5.65 Å². The number of hydrogen-bond acceptors (Lipinski definition) is 4. The molecule has 2 aromatic heterocycles. The molecule has 0 aliphatic carbocycles. The number of aliphatic hydroxyl groups excluding tert-OH is 1. The second-order valence-corrected chi connectivity index (χ2v) is 5.37. The van der Waals surface area contributed by atoms with Crippen molar-refractivity contribution >= 4 is 23.4 Å². The molecule has 0 fully saturated rings. The van der Waals surface area contributed by atoms with Crippen LogP contribution >= 0.6 is 11.8 Å². The number of fused-ring (bicyclic) bond motifs is 1. The maximum absolute atomic E-state index is 11.3. The number of nitrogens with zero attached hydrogens (tertiary/aromatic N) is 2. The molecular formula is C12H14N2O3S. The summed E-state index contributed by atoms with van der Waals surface area (Å²) in [6.45, 7) is 2.03. The van der Waals surface area contributed by atoms with Crippen molar-refractivity contribution in [2.45, 2.75) is 23.6 Å². The maximum atomic E-state index is 11.3. The number of carboxylic acid groups (broad SMARTS) is 1. The molecule has 5 nitrogen and oxygen atoms in total. The van der Waals surface area contributed by atoms with E-state index in [1.165, 1.54) is 11.8 Å². The highest BCUT2D eigenvalue weighted by Crippen LogP contribution is 2.28. The Kier molecular flexibility index (Phi) is 3.88. The number of carboxylic acids is 1. The molecule has 0 saturated carbocycles. The second-order valence-electron chi connectivity index (χ2n) is 3.94. The molecule has 0 radical (unpaired) electrons. The van der Waals surface area contributed by atoms with Gasteiger partial charge in [-0.3, -0.25) is 4.40 Å². The Hall–Kier alpha value is -1.53. The van der Waals surface area contributed by atoms with Gasteiger partial charge in [0.2, 0.25) is 0 Å². The number of imidazole rings is 1. The van der Waals surface area contributed by atoms with Crippen LogP contribution in [0.15, 0.2) is 29.4 Å². The van der Waals surface area contributed by atoms with Gasteiger partial charge in [-0.1, -0.05) is 13.0 Å². The van der Waals surface area contributed by atoms with Crippen LogP contribution in [0, 0.1) is 0 Å². The molecule has 2 heterocycles. The van der Waals surface area contributed by atoms with Crippen molar-refractivity contribution in [3.05, 3.63) is 30.1 Å². The van der Waals surface area contributed by atoms with Gasteiger partial charge < -0.3 is 10.2 Å². The van der Waals surface area contributed by atoms with Gasteiger partial charge in [0, 0.05) is 18.1 Å². The molecule has 0 saturated heterocycles. The smallest absolute Gasteiger partial charge is 0.355 e. The van der Waals surface area contributed by atoms with Crippen molar-refractivity contribution in [1.82, 2.24) is 9.38 Å².